The van der Waals surface area contributed by atoms with Gasteiger partial charge in [0.15, 0.2) is 0 Å². The maximum absolute atomic E-state index is 10.4. The molecule has 5 aromatic carbocycles. The van der Waals surface area contributed by atoms with Crippen molar-refractivity contribution in [2.24, 2.45) is 0 Å². The van der Waals surface area contributed by atoms with Gasteiger partial charge in [0.1, 0.15) is 5.82 Å². The molecule has 0 aliphatic heterocycles. The summed E-state index contributed by atoms with van der Waals surface area (Å²) in [6, 6.07) is 36.0. The lowest BCUT2D eigenvalue weighted by Crippen LogP contribution is -2.49. The van der Waals surface area contributed by atoms with Crippen molar-refractivity contribution >= 4 is 45.5 Å². The Morgan fingerprint density at radius 3 is 1.87 bits per heavy atom. The molecule has 0 saturated heterocycles. The third kappa shape index (κ3) is 4.09. The molecule has 1 heterocycles. The van der Waals surface area contributed by atoms with Gasteiger partial charge in [-0.2, -0.15) is 0 Å². The van der Waals surface area contributed by atoms with Crippen molar-refractivity contribution in [3.63, 3.8) is 0 Å². The molecule has 4 nitrogen and oxygen atoms in total. The lowest BCUT2D eigenvalue weighted by Gasteiger charge is -2.37. The van der Waals surface area contributed by atoms with E-state index in [0.717, 1.165) is 39.0 Å². The van der Waals surface area contributed by atoms with E-state index in [4.69, 9.17) is 9.64 Å². The first kappa shape index (κ1) is 24.4. The van der Waals surface area contributed by atoms with Crippen LogP contribution in [0.2, 0.25) is 0 Å². The van der Waals surface area contributed by atoms with Crippen molar-refractivity contribution in [3.8, 4) is 17.1 Å². The van der Waals surface area contributed by atoms with Crippen LogP contribution >= 0.6 is 0 Å². The van der Waals surface area contributed by atoms with Crippen LogP contribution in [0.4, 0.5) is 0 Å². The van der Waals surface area contributed by atoms with Crippen molar-refractivity contribution in [3.05, 3.63) is 103 Å². The summed E-state index contributed by atoms with van der Waals surface area (Å²) < 4.78 is 8.38. The second-order valence-corrected chi connectivity index (χ2v) is 10.9. The minimum absolute atomic E-state index is 0.418. The summed E-state index contributed by atoms with van der Waals surface area (Å²) in [7, 11) is 0.418. The number of benzene rings is 5. The van der Waals surface area contributed by atoms with E-state index in [1.165, 1.54) is 16.2 Å². The summed E-state index contributed by atoms with van der Waals surface area (Å²) in [6.45, 7) is 7.38. The normalized spacial score (nSPS) is 12.4. The van der Waals surface area contributed by atoms with E-state index in [2.05, 4.69) is 102 Å². The molecular weight excluding hydrogens is 467 g/mol. The van der Waals surface area contributed by atoms with Crippen molar-refractivity contribution in [2.75, 3.05) is 0 Å². The van der Waals surface area contributed by atoms with Gasteiger partial charge in [0, 0.05) is 22.0 Å². The molecule has 0 aliphatic rings. The van der Waals surface area contributed by atoms with Crippen LogP contribution in [0.1, 0.15) is 27.7 Å². The van der Waals surface area contributed by atoms with Crippen LogP contribution in [0.15, 0.2) is 103 Å². The minimum atomic E-state index is -0.945. The van der Waals surface area contributed by atoms with Gasteiger partial charge in [0.2, 0.25) is 0 Å². The summed E-state index contributed by atoms with van der Waals surface area (Å²) in [5.41, 5.74) is 3.64. The van der Waals surface area contributed by atoms with Crippen LogP contribution in [0.25, 0.3) is 49.7 Å². The zero-order valence-corrected chi connectivity index (χ0v) is 22.3. The number of hydrogen-bond donors (Lipinski definition) is 1. The fraction of sp³-hybridized carbons (Fsp3) is 0.182. The Balaban J connectivity index is 1.54. The smallest absolute Gasteiger partial charge is 0.309 e. The summed E-state index contributed by atoms with van der Waals surface area (Å²) in [5.74, 6) is 0.900. The lowest BCUT2D eigenvalue weighted by atomic mass is 9.82. The Bertz CT molecular complexity index is 1770. The van der Waals surface area contributed by atoms with E-state index in [9.17, 15) is 5.11 Å². The Morgan fingerprint density at radius 2 is 1.24 bits per heavy atom. The summed E-state index contributed by atoms with van der Waals surface area (Å²) >= 11 is 0. The average Bonchev–Trinajstić information content (AvgIpc) is 3.33. The number of rotatable bonds is 6. The summed E-state index contributed by atoms with van der Waals surface area (Å²) in [6.07, 6.45) is 0. The summed E-state index contributed by atoms with van der Waals surface area (Å²) in [5, 5.41) is 15.2. The van der Waals surface area contributed by atoms with E-state index >= 15 is 0 Å². The standard InChI is InChI=1S/C33H31BN2O2/c1-32(2,37)33(3,4)38-34-23-20-18-22(19-21-23)31-35-29-27-16-10-8-14-25(27)26-15-9-11-17-28(26)30(29)36(31)24-12-6-5-7-13-24/h5-21,34,37H,1-4H3. The predicted octanol–water partition coefficient (Wildman–Crippen LogP) is 6.54. The minimum Gasteiger partial charge on any atom is -0.427 e. The van der Waals surface area contributed by atoms with E-state index in [0.29, 0.717) is 7.48 Å². The lowest BCUT2D eigenvalue weighted by molar-refractivity contribution is -0.0893. The van der Waals surface area contributed by atoms with Gasteiger partial charge >= 0.3 is 7.48 Å². The highest BCUT2D eigenvalue weighted by Gasteiger charge is 2.35. The van der Waals surface area contributed by atoms with Crippen molar-refractivity contribution in [1.29, 1.82) is 0 Å². The van der Waals surface area contributed by atoms with Crippen molar-refractivity contribution in [2.45, 2.75) is 38.9 Å². The monoisotopic (exact) mass is 498 g/mol. The molecular formula is C33H31BN2O2. The number of hydrogen-bond acceptors (Lipinski definition) is 3. The van der Waals surface area contributed by atoms with Gasteiger partial charge in [-0.05, 0) is 50.6 Å². The quantitative estimate of drug-likeness (QED) is 0.210. The number of aromatic nitrogens is 2. The van der Waals surface area contributed by atoms with Crippen LogP contribution in [-0.2, 0) is 4.65 Å². The molecule has 0 saturated carbocycles. The third-order valence-corrected chi connectivity index (χ3v) is 7.83. The number of nitrogens with zero attached hydrogens (tertiary/aromatic N) is 2. The first-order valence-corrected chi connectivity index (χ1v) is 13.1. The van der Waals surface area contributed by atoms with Crippen LogP contribution < -0.4 is 5.46 Å². The van der Waals surface area contributed by atoms with E-state index in [-0.39, 0.29) is 0 Å². The maximum atomic E-state index is 10.4. The van der Waals surface area contributed by atoms with Crippen LogP contribution in [-0.4, -0.2) is 33.3 Å². The maximum Gasteiger partial charge on any atom is 0.309 e. The fourth-order valence-corrected chi connectivity index (χ4v) is 4.92. The second kappa shape index (κ2) is 9.12. The van der Waals surface area contributed by atoms with Gasteiger partial charge in [-0.15, -0.1) is 0 Å². The van der Waals surface area contributed by atoms with Crippen LogP contribution in [0, 0.1) is 0 Å². The largest absolute Gasteiger partial charge is 0.427 e. The van der Waals surface area contributed by atoms with Crippen molar-refractivity contribution < 1.29 is 9.76 Å². The molecule has 6 aromatic rings. The summed E-state index contributed by atoms with van der Waals surface area (Å²) in [4.78, 5) is 5.28. The molecule has 0 atom stereocenters. The number of para-hydroxylation sites is 1. The molecule has 188 valence electrons. The van der Waals surface area contributed by atoms with Gasteiger partial charge in [0.05, 0.1) is 22.2 Å². The van der Waals surface area contributed by atoms with Gasteiger partial charge in [-0.1, -0.05) is 96.5 Å². The molecule has 0 fully saturated rings. The Morgan fingerprint density at radius 1 is 0.684 bits per heavy atom. The number of aliphatic hydroxyl groups is 1. The predicted molar refractivity (Wildman–Crippen MR) is 160 cm³/mol. The van der Waals surface area contributed by atoms with E-state index in [1.807, 2.05) is 19.9 Å². The van der Waals surface area contributed by atoms with Gasteiger partial charge in [-0.3, -0.25) is 4.57 Å². The number of imidazole rings is 1. The molecule has 6 rings (SSSR count). The Hall–Kier alpha value is -3.93. The molecule has 0 radical (unpaired) electrons. The van der Waals surface area contributed by atoms with E-state index < -0.39 is 11.2 Å². The Labute approximate surface area is 223 Å². The highest BCUT2D eigenvalue weighted by atomic mass is 16.5. The molecule has 1 aromatic heterocycles. The molecule has 0 amide bonds. The SMILES string of the molecule is CC(C)(O)C(C)(C)OBc1ccc(-c2nc3c4ccccc4c4ccccc4c3n2-c2ccccc2)cc1. The Kier molecular flexibility index (Phi) is 5.86. The van der Waals surface area contributed by atoms with Gasteiger partial charge in [-0.25, -0.2) is 4.98 Å². The molecule has 38 heavy (non-hydrogen) atoms. The molecule has 0 bridgehead atoms. The molecule has 0 unspecified atom stereocenters. The first-order valence-electron chi connectivity index (χ1n) is 13.1. The third-order valence-electron chi connectivity index (χ3n) is 7.83. The zero-order valence-electron chi connectivity index (χ0n) is 22.3. The number of fused-ring (bicyclic) bond motifs is 6. The van der Waals surface area contributed by atoms with E-state index in [1.54, 1.807) is 13.8 Å². The first-order chi connectivity index (χ1) is 18.2. The topological polar surface area (TPSA) is 47.3 Å². The molecule has 5 heteroatoms. The fourth-order valence-electron chi connectivity index (χ4n) is 4.92. The molecule has 0 aliphatic carbocycles. The average molecular weight is 498 g/mol. The van der Waals surface area contributed by atoms with Gasteiger partial charge < -0.3 is 9.76 Å². The van der Waals surface area contributed by atoms with Gasteiger partial charge in [0.25, 0.3) is 0 Å². The zero-order chi connectivity index (χ0) is 26.5. The van der Waals surface area contributed by atoms with Crippen molar-refractivity contribution in [1.82, 2.24) is 9.55 Å². The highest BCUT2D eigenvalue weighted by Crippen LogP contribution is 2.38. The van der Waals surface area contributed by atoms with Crippen LogP contribution in [0.3, 0.4) is 0 Å². The molecule has 0 spiro atoms. The van der Waals surface area contributed by atoms with Crippen LogP contribution in [0.5, 0.6) is 0 Å². The molecule has 1 N–H and O–H groups in total. The second-order valence-electron chi connectivity index (χ2n) is 10.9. The highest BCUT2D eigenvalue weighted by molar-refractivity contribution is 6.47.